The van der Waals surface area contributed by atoms with Gasteiger partial charge in [0.2, 0.25) is 0 Å². The van der Waals surface area contributed by atoms with Gasteiger partial charge < -0.3 is 10.0 Å². The normalized spacial score (nSPS) is 10.2. The van der Waals surface area contributed by atoms with E-state index < -0.39 is 0 Å². The number of rotatable bonds is 5. The minimum absolute atomic E-state index is 0.0723. The van der Waals surface area contributed by atoms with Crippen molar-refractivity contribution in [3.05, 3.63) is 59.9 Å². The average Bonchev–Trinajstić information content (AvgIpc) is 2.48. The average molecular weight is 257 g/mol. The van der Waals surface area contributed by atoms with Crippen LogP contribution in [0.1, 0.15) is 15.9 Å². The van der Waals surface area contributed by atoms with Gasteiger partial charge in [0.15, 0.2) is 0 Å². The molecule has 0 aliphatic carbocycles. The number of amides is 1. The first-order valence-electron chi connectivity index (χ1n) is 6.02. The molecular formula is C14H15N3O2. The van der Waals surface area contributed by atoms with Gasteiger partial charge >= 0.3 is 0 Å². The van der Waals surface area contributed by atoms with E-state index in [0.29, 0.717) is 12.1 Å². The van der Waals surface area contributed by atoms with Gasteiger partial charge in [-0.05, 0) is 11.6 Å². The Kier molecular flexibility index (Phi) is 4.58. The molecule has 2 aromatic rings. The van der Waals surface area contributed by atoms with E-state index in [0.717, 1.165) is 5.56 Å². The third-order valence-corrected chi connectivity index (χ3v) is 2.70. The summed E-state index contributed by atoms with van der Waals surface area (Å²) in [5.41, 5.74) is 1.49. The predicted octanol–water partition coefficient (Wildman–Crippen LogP) is 1.11. The summed E-state index contributed by atoms with van der Waals surface area (Å²) in [6.07, 6.45) is 2.91. The number of carbonyl (C=O) groups is 1. The van der Waals surface area contributed by atoms with Crippen molar-refractivity contribution >= 4 is 5.91 Å². The van der Waals surface area contributed by atoms with Gasteiger partial charge in [-0.3, -0.25) is 4.79 Å². The molecule has 19 heavy (non-hydrogen) atoms. The lowest BCUT2D eigenvalue weighted by molar-refractivity contribution is 0.0707. The molecule has 5 nitrogen and oxygen atoms in total. The molecule has 0 fully saturated rings. The number of carbonyl (C=O) groups excluding carboxylic acids is 1. The molecule has 0 spiro atoms. The third-order valence-electron chi connectivity index (χ3n) is 2.70. The van der Waals surface area contributed by atoms with Gasteiger partial charge in [-0.2, -0.15) is 10.2 Å². The number of aromatic nitrogens is 2. The number of benzene rings is 1. The first-order chi connectivity index (χ1) is 9.31. The molecule has 1 aromatic heterocycles. The molecule has 0 radical (unpaired) electrons. The van der Waals surface area contributed by atoms with Gasteiger partial charge in [-0.1, -0.05) is 30.3 Å². The smallest absolute Gasteiger partial charge is 0.255 e. The van der Waals surface area contributed by atoms with Crippen LogP contribution in [0.15, 0.2) is 48.8 Å². The van der Waals surface area contributed by atoms with Crippen LogP contribution in [0.2, 0.25) is 0 Å². The summed E-state index contributed by atoms with van der Waals surface area (Å²) in [7, 11) is 0. The molecule has 0 unspecified atom stereocenters. The quantitative estimate of drug-likeness (QED) is 0.871. The van der Waals surface area contributed by atoms with Crippen LogP contribution in [0.3, 0.4) is 0 Å². The zero-order valence-corrected chi connectivity index (χ0v) is 10.4. The topological polar surface area (TPSA) is 66.3 Å². The van der Waals surface area contributed by atoms with Crippen LogP contribution in [0.4, 0.5) is 0 Å². The van der Waals surface area contributed by atoms with Gasteiger partial charge in [-0.15, -0.1) is 0 Å². The molecule has 1 aromatic carbocycles. The summed E-state index contributed by atoms with van der Waals surface area (Å²) in [6, 6.07) is 11.3. The minimum Gasteiger partial charge on any atom is -0.395 e. The summed E-state index contributed by atoms with van der Waals surface area (Å²) < 4.78 is 0. The third kappa shape index (κ3) is 3.59. The second-order valence-electron chi connectivity index (χ2n) is 4.07. The van der Waals surface area contributed by atoms with Gasteiger partial charge in [-0.25, -0.2) is 0 Å². The summed E-state index contributed by atoms with van der Waals surface area (Å²) in [5.74, 6) is -0.159. The van der Waals surface area contributed by atoms with E-state index in [4.69, 9.17) is 5.11 Å². The van der Waals surface area contributed by atoms with Gasteiger partial charge in [0.25, 0.3) is 5.91 Å². The van der Waals surface area contributed by atoms with Gasteiger partial charge in [0.05, 0.1) is 24.6 Å². The molecule has 2 rings (SSSR count). The van der Waals surface area contributed by atoms with Crippen LogP contribution in [0, 0.1) is 0 Å². The second-order valence-corrected chi connectivity index (χ2v) is 4.07. The van der Waals surface area contributed by atoms with Crippen LogP contribution in [0.25, 0.3) is 0 Å². The summed E-state index contributed by atoms with van der Waals surface area (Å²) >= 11 is 0. The fourth-order valence-corrected chi connectivity index (χ4v) is 1.78. The molecule has 1 N–H and O–H groups in total. The Labute approximate surface area is 111 Å². The number of aliphatic hydroxyl groups is 1. The first kappa shape index (κ1) is 13.2. The zero-order chi connectivity index (χ0) is 13.5. The molecule has 98 valence electrons. The maximum absolute atomic E-state index is 12.3. The van der Waals surface area contributed by atoms with E-state index >= 15 is 0 Å². The summed E-state index contributed by atoms with van der Waals surface area (Å²) in [5, 5.41) is 16.4. The first-order valence-corrected chi connectivity index (χ1v) is 6.02. The molecule has 0 saturated heterocycles. The van der Waals surface area contributed by atoms with E-state index in [1.54, 1.807) is 11.0 Å². The zero-order valence-electron chi connectivity index (χ0n) is 10.4. The lowest BCUT2D eigenvalue weighted by Crippen LogP contribution is -2.33. The predicted molar refractivity (Wildman–Crippen MR) is 70.3 cm³/mol. The Morgan fingerprint density at radius 2 is 1.95 bits per heavy atom. The van der Waals surface area contributed by atoms with Crippen molar-refractivity contribution in [1.29, 1.82) is 0 Å². The lowest BCUT2D eigenvalue weighted by atomic mass is 10.2. The van der Waals surface area contributed by atoms with Crippen LogP contribution in [-0.2, 0) is 6.54 Å². The highest BCUT2D eigenvalue weighted by molar-refractivity contribution is 5.93. The second kappa shape index (κ2) is 6.61. The van der Waals surface area contributed by atoms with E-state index in [1.165, 1.54) is 12.4 Å². The maximum atomic E-state index is 12.3. The van der Waals surface area contributed by atoms with Crippen LogP contribution >= 0.6 is 0 Å². The Bertz CT molecular complexity index is 517. The fourth-order valence-electron chi connectivity index (χ4n) is 1.78. The Morgan fingerprint density at radius 3 is 2.58 bits per heavy atom. The van der Waals surface area contributed by atoms with E-state index in [2.05, 4.69) is 10.2 Å². The van der Waals surface area contributed by atoms with Crippen molar-refractivity contribution in [2.24, 2.45) is 0 Å². The Balaban J connectivity index is 2.14. The van der Waals surface area contributed by atoms with E-state index in [-0.39, 0.29) is 19.1 Å². The Morgan fingerprint density at radius 1 is 1.16 bits per heavy atom. The molecule has 0 aliphatic rings. The van der Waals surface area contributed by atoms with Crippen LogP contribution < -0.4 is 0 Å². The highest BCUT2D eigenvalue weighted by Gasteiger charge is 2.15. The SMILES string of the molecule is O=C(c1ccnnc1)N(CCO)Cc1ccccc1. The summed E-state index contributed by atoms with van der Waals surface area (Å²) in [4.78, 5) is 13.9. The fraction of sp³-hybridized carbons (Fsp3) is 0.214. The largest absolute Gasteiger partial charge is 0.395 e. The summed E-state index contributed by atoms with van der Waals surface area (Å²) in [6.45, 7) is 0.676. The molecule has 5 heteroatoms. The standard InChI is InChI=1S/C14H15N3O2/c18-9-8-17(11-12-4-2-1-3-5-12)14(19)13-6-7-15-16-10-13/h1-7,10,18H,8-9,11H2. The molecule has 0 atom stereocenters. The molecule has 0 saturated carbocycles. The van der Waals surface area contributed by atoms with Crippen molar-refractivity contribution < 1.29 is 9.90 Å². The van der Waals surface area contributed by atoms with Crippen molar-refractivity contribution in [2.45, 2.75) is 6.54 Å². The van der Waals surface area contributed by atoms with E-state index in [9.17, 15) is 4.79 Å². The highest BCUT2D eigenvalue weighted by atomic mass is 16.3. The Hall–Kier alpha value is -2.27. The lowest BCUT2D eigenvalue weighted by Gasteiger charge is -2.21. The van der Waals surface area contributed by atoms with Crippen molar-refractivity contribution in [1.82, 2.24) is 15.1 Å². The molecule has 1 heterocycles. The minimum atomic E-state index is -0.159. The van der Waals surface area contributed by atoms with Crippen molar-refractivity contribution in [3.63, 3.8) is 0 Å². The van der Waals surface area contributed by atoms with Gasteiger partial charge in [0, 0.05) is 13.1 Å². The monoisotopic (exact) mass is 257 g/mol. The number of hydrogen-bond donors (Lipinski definition) is 1. The maximum Gasteiger partial charge on any atom is 0.255 e. The van der Waals surface area contributed by atoms with Crippen LogP contribution in [0.5, 0.6) is 0 Å². The molecule has 0 aliphatic heterocycles. The number of aliphatic hydroxyl groups excluding tert-OH is 1. The molecule has 1 amide bonds. The highest BCUT2D eigenvalue weighted by Crippen LogP contribution is 2.08. The van der Waals surface area contributed by atoms with Crippen molar-refractivity contribution in [2.75, 3.05) is 13.2 Å². The number of nitrogens with zero attached hydrogens (tertiary/aromatic N) is 3. The molecule has 0 bridgehead atoms. The van der Waals surface area contributed by atoms with Crippen molar-refractivity contribution in [3.8, 4) is 0 Å². The van der Waals surface area contributed by atoms with Gasteiger partial charge in [0.1, 0.15) is 0 Å². The molecular weight excluding hydrogens is 242 g/mol. The van der Waals surface area contributed by atoms with E-state index in [1.807, 2.05) is 30.3 Å². The number of hydrogen-bond acceptors (Lipinski definition) is 4. The van der Waals surface area contributed by atoms with Crippen LogP contribution in [-0.4, -0.2) is 39.3 Å².